The smallest absolute Gasteiger partial charge is 0.339 e. The molecule has 2 aromatic heterocycles. The minimum Gasteiger partial charge on any atom is -0.452 e. The van der Waals surface area contributed by atoms with E-state index in [4.69, 9.17) is 9.15 Å². The van der Waals surface area contributed by atoms with E-state index in [1.54, 1.807) is 24.3 Å². The lowest BCUT2D eigenvalue weighted by Crippen LogP contribution is -2.22. The Morgan fingerprint density at radius 1 is 0.919 bits per heavy atom. The van der Waals surface area contributed by atoms with Gasteiger partial charge in [-0.3, -0.25) is 14.9 Å². The van der Waals surface area contributed by atoms with E-state index in [1.807, 2.05) is 60.7 Å². The number of fused-ring (bicyclic) bond motifs is 1. The van der Waals surface area contributed by atoms with Crippen molar-refractivity contribution < 1.29 is 18.7 Å². The van der Waals surface area contributed by atoms with Gasteiger partial charge in [0.05, 0.1) is 5.56 Å². The van der Waals surface area contributed by atoms with E-state index in [0.717, 1.165) is 17.2 Å². The molecule has 0 saturated carbocycles. The number of nitrogens with zero attached hydrogens (tertiary/aromatic N) is 1. The summed E-state index contributed by atoms with van der Waals surface area (Å²) in [6.45, 7) is -0.646. The number of pyridine rings is 1. The van der Waals surface area contributed by atoms with Crippen molar-refractivity contribution in [3.63, 3.8) is 0 Å². The van der Waals surface area contributed by atoms with Crippen LogP contribution in [-0.4, -0.2) is 23.5 Å². The third-order valence-electron chi connectivity index (χ3n) is 5.68. The van der Waals surface area contributed by atoms with Gasteiger partial charge < -0.3 is 14.1 Å². The van der Waals surface area contributed by atoms with Gasteiger partial charge in [-0.05, 0) is 11.6 Å². The van der Waals surface area contributed by atoms with Gasteiger partial charge in [-0.2, -0.15) is 5.26 Å². The molecule has 3 aromatic carbocycles. The first kappa shape index (κ1) is 23.3. The molecule has 0 spiro atoms. The molecule has 5 rings (SSSR count). The van der Waals surface area contributed by atoms with E-state index in [9.17, 15) is 19.6 Å². The summed E-state index contributed by atoms with van der Waals surface area (Å²) in [6, 6.07) is 28.5. The number of ether oxygens (including phenoxy) is 1. The Morgan fingerprint density at radius 2 is 1.57 bits per heavy atom. The van der Waals surface area contributed by atoms with Gasteiger partial charge in [0.15, 0.2) is 6.61 Å². The lowest BCUT2D eigenvalue weighted by atomic mass is 9.98. The highest BCUT2D eigenvalue weighted by molar-refractivity contribution is 6.04. The first-order valence-electron chi connectivity index (χ1n) is 11.3. The molecule has 0 aliphatic heterocycles. The summed E-state index contributed by atoms with van der Waals surface area (Å²) >= 11 is 0. The van der Waals surface area contributed by atoms with Crippen LogP contribution in [-0.2, 0) is 9.53 Å². The third-order valence-corrected chi connectivity index (χ3v) is 5.68. The van der Waals surface area contributed by atoms with Crippen molar-refractivity contribution in [1.29, 1.82) is 5.26 Å². The van der Waals surface area contributed by atoms with E-state index in [0.29, 0.717) is 22.2 Å². The highest BCUT2D eigenvalue weighted by Crippen LogP contribution is 2.41. The van der Waals surface area contributed by atoms with Gasteiger partial charge in [0.25, 0.3) is 5.91 Å². The first-order valence-corrected chi connectivity index (χ1v) is 11.3. The maximum atomic E-state index is 12.7. The third kappa shape index (κ3) is 4.74. The monoisotopic (exact) mass is 489 g/mol. The van der Waals surface area contributed by atoms with E-state index < -0.39 is 24.0 Å². The van der Waals surface area contributed by atoms with Crippen molar-refractivity contribution in [2.75, 3.05) is 11.9 Å². The molecule has 5 aromatic rings. The van der Waals surface area contributed by atoms with Crippen molar-refractivity contribution in [1.82, 2.24) is 4.98 Å². The van der Waals surface area contributed by atoms with Gasteiger partial charge in [0.2, 0.25) is 11.4 Å². The number of nitriles is 1. The van der Waals surface area contributed by atoms with Crippen LogP contribution in [0, 0.1) is 11.3 Å². The minimum absolute atomic E-state index is 0.0422. The zero-order valence-electron chi connectivity index (χ0n) is 19.4. The molecule has 0 bridgehead atoms. The van der Waals surface area contributed by atoms with Gasteiger partial charge in [-0.15, -0.1) is 0 Å². The molecule has 0 saturated heterocycles. The second-order valence-electron chi connectivity index (χ2n) is 8.07. The molecule has 1 amide bonds. The van der Waals surface area contributed by atoms with Gasteiger partial charge in [0, 0.05) is 28.1 Å². The SMILES string of the molecule is N#Cc1c(NC(=O)COC(=O)c2cc(=O)[nH]c3ccccc23)oc(-c2ccccc2)c1-c1ccccc1. The average molecular weight is 489 g/mol. The summed E-state index contributed by atoms with van der Waals surface area (Å²) in [7, 11) is 0. The van der Waals surface area contributed by atoms with Crippen molar-refractivity contribution >= 4 is 28.7 Å². The number of hydrogen-bond acceptors (Lipinski definition) is 6. The number of para-hydroxylation sites is 1. The molecule has 0 aliphatic carbocycles. The van der Waals surface area contributed by atoms with Crippen LogP contribution in [0.25, 0.3) is 33.4 Å². The van der Waals surface area contributed by atoms with Gasteiger partial charge in [0.1, 0.15) is 17.4 Å². The van der Waals surface area contributed by atoms with Crippen LogP contribution in [0.5, 0.6) is 0 Å². The maximum absolute atomic E-state index is 12.7. The molecule has 0 radical (unpaired) electrons. The average Bonchev–Trinajstić information content (AvgIpc) is 3.30. The molecule has 0 unspecified atom stereocenters. The summed E-state index contributed by atoms with van der Waals surface area (Å²) in [6.07, 6.45) is 0. The van der Waals surface area contributed by atoms with Crippen LogP contribution >= 0.6 is 0 Å². The number of carbonyl (C=O) groups excluding carboxylic acids is 2. The fourth-order valence-corrected chi connectivity index (χ4v) is 4.04. The summed E-state index contributed by atoms with van der Waals surface area (Å²) in [4.78, 5) is 40.0. The quantitative estimate of drug-likeness (QED) is 0.319. The molecule has 0 fully saturated rings. The Hall–Kier alpha value is -5.42. The summed E-state index contributed by atoms with van der Waals surface area (Å²) in [5.41, 5.74) is 2.21. The fourth-order valence-electron chi connectivity index (χ4n) is 4.04. The number of amides is 1. The topological polar surface area (TPSA) is 125 Å². The van der Waals surface area contributed by atoms with Gasteiger partial charge in [-0.25, -0.2) is 4.79 Å². The summed E-state index contributed by atoms with van der Waals surface area (Å²) in [5, 5.41) is 13.0. The number of esters is 1. The maximum Gasteiger partial charge on any atom is 0.339 e. The minimum atomic E-state index is -0.827. The van der Waals surface area contributed by atoms with Crippen molar-refractivity contribution in [3.05, 3.63) is 112 Å². The number of rotatable bonds is 6. The predicted octanol–water partition coefficient (Wildman–Crippen LogP) is 5.12. The highest BCUT2D eigenvalue weighted by atomic mass is 16.5. The van der Waals surface area contributed by atoms with Gasteiger partial charge >= 0.3 is 5.97 Å². The lowest BCUT2D eigenvalue weighted by Gasteiger charge is -2.07. The number of aromatic nitrogens is 1. The van der Waals surface area contributed by atoms with Crippen LogP contribution in [0.4, 0.5) is 5.88 Å². The van der Waals surface area contributed by atoms with Crippen LogP contribution in [0.3, 0.4) is 0 Å². The molecule has 2 heterocycles. The number of furan rings is 1. The largest absolute Gasteiger partial charge is 0.452 e. The Kier molecular flexibility index (Phi) is 6.34. The molecule has 8 heteroatoms. The standard InChI is InChI=1S/C29H19N3O5/c30-16-22-26(18-9-3-1-4-10-18)27(19-11-5-2-6-12-19)37-28(22)32-25(34)17-36-29(35)21-15-24(33)31-23-14-8-7-13-20(21)23/h1-15H,17H2,(H,31,33)(H,32,34). The van der Waals surface area contributed by atoms with E-state index in [1.165, 1.54) is 0 Å². The molecule has 37 heavy (non-hydrogen) atoms. The molecule has 0 aliphatic rings. The molecule has 0 atom stereocenters. The Balaban J connectivity index is 1.41. The van der Waals surface area contributed by atoms with Crippen LogP contribution < -0.4 is 10.9 Å². The second kappa shape index (κ2) is 10.1. The number of carbonyl (C=O) groups is 2. The Morgan fingerprint density at radius 3 is 2.27 bits per heavy atom. The highest BCUT2D eigenvalue weighted by Gasteiger charge is 2.24. The van der Waals surface area contributed by atoms with E-state index in [2.05, 4.69) is 16.4 Å². The van der Waals surface area contributed by atoms with Crippen molar-refractivity contribution in [3.8, 4) is 28.5 Å². The van der Waals surface area contributed by atoms with Crippen LogP contribution in [0.15, 0.2) is 100 Å². The van der Waals surface area contributed by atoms with Crippen molar-refractivity contribution in [2.24, 2.45) is 0 Å². The summed E-state index contributed by atoms with van der Waals surface area (Å²) < 4.78 is 11.1. The molecular formula is C29H19N3O5. The van der Waals surface area contributed by atoms with E-state index in [-0.39, 0.29) is 17.0 Å². The zero-order chi connectivity index (χ0) is 25.8. The number of H-pyrrole nitrogens is 1. The number of nitrogens with one attached hydrogen (secondary N) is 2. The Labute approximate surface area is 210 Å². The van der Waals surface area contributed by atoms with Crippen LogP contribution in [0.2, 0.25) is 0 Å². The van der Waals surface area contributed by atoms with E-state index >= 15 is 0 Å². The number of aromatic amines is 1. The molecule has 180 valence electrons. The van der Waals surface area contributed by atoms with Crippen LogP contribution in [0.1, 0.15) is 15.9 Å². The zero-order valence-corrected chi connectivity index (χ0v) is 19.4. The Bertz CT molecular complexity index is 1710. The lowest BCUT2D eigenvalue weighted by molar-refractivity contribution is -0.119. The second-order valence-corrected chi connectivity index (χ2v) is 8.07. The molecular weight excluding hydrogens is 470 g/mol. The number of hydrogen-bond donors (Lipinski definition) is 2. The first-order chi connectivity index (χ1) is 18.0. The predicted molar refractivity (Wildman–Crippen MR) is 138 cm³/mol. The number of benzene rings is 3. The normalized spacial score (nSPS) is 10.6. The number of anilines is 1. The summed E-state index contributed by atoms with van der Waals surface area (Å²) in [5.74, 6) is -1.16. The van der Waals surface area contributed by atoms with Gasteiger partial charge in [-0.1, -0.05) is 78.9 Å². The molecule has 8 nitrogen and oxygen atoms in total. The fraction of sp³-hybridized carbons (Fsp3) is 0.0345. The molecule has 2 N–H and O–H groups in total. The van der Waals surface area contributed by atoms with Crippen molar-refractivity contribution in [2.45, 2.75) is 0 Å².